The summed E-state index contributed by atoms with van der Waals surface area (Å²) in [4.78, 5) is 11.8. The molecule has 0 aromatic rings. The molecule has 0 heterocycles. The summed E-state index contributed by atoms with van der Waals surface area (Å²) in [6.45, 7) is 6.05. The van der Waals surface area contributed by atoms with Crippen molar-refractivity contribution in [1.29, 1.82) is 0 Å². The fraction of sp³-hybridized carbons (Fsp3) is 0.812. The molecule has 1 aliphatic carbocycles. The second-order valence-electron chi connectivity index (χ2n) is 5.95. The number of carbonyl (C=O) groups excluding carboxylic acids is 1. The Bertz CT molecular complexity index is 287. The average molecular weight is 252 g/mol. The molecule has 1 saturated carbocycles. The van der Waals surface area contributed by atoms with Gasteiger partial charge in [0.1, 0.15) is 0 Å². The van der Waals surface area contributed by atoms with Gasteiger partial charge in [-0.1, -0.05) is 52.9 Å². The summed E-state index contributed by atoms with van der Waals surface area (Å²) in [5, 5.41) is 10.0. The third kappa shape index (κ3) is 4.83. The molecule has 2 heteroatoms. The van der Waals surface area contributed by atoms with Gasteiger partial charge in [0, 0.05) is 17.9 Å². The van der Waals surface area contributed by atoms with Crippen molar-refractivity contribution in [2.75, 3.05) is 0 Å². The average Bonchev–Trinajstić information content (AvgIpc) is 2.81. The van der Waals surface area contributed by atoms with Crippen LogP contribution in [0.2, 0.25) is 0 Å². The summed E-state index contributed by atoms with van der Waals surface area (Å²) in [6, 6.07) is 0. The van der Waals surface area contributed by atoms with Crippen LogP contribution in [-0.2, 0) is 4.79 Å². The molecule has 104 valence electrons. The summed E-state index contributed by atoms with van der Waals surface area (Å²) in [7, 11) is 0. The van der Waals surface area contributed by atoms with E-state index in [2.05, 4.69) is 6.92 Å². The van der Waals surface area contributed by atoms with Gasteiger partial charge in [0.05, 0.1) is 5.76 Å². The van der Waals surface area contributed by atoms with Crippen LogP contribution in [0, 0.1) is 17.8 Å². The molecule has 18 heavy (non-hydrogen) atoms. The van der Waals surface area contributed by atoms with Gasteiger partial charge in [-0.3, -0.25) is 4.79 Å². The van der Waals surface area contributed by atoms with E-state index >= 15 is 0 Å². The summed E-state index contributed by atoms with van der Waals surface area (Å²) in [6.07, 6.45) is 9.65. The Hall–Kier alpha value is -0.790. The fourth-order valence-electron chi connectivity index (χ4n) is 2.87. The Morgan fingerprint density at radius 1 is 1.28 bits per heavy atom. The highest BCUT2D eigenvalue weighted by Gasteiger charge is 2.20. The molecular weight excluding hydrogens is 224 g/mol. The molecule has 2 unspecified atom stereocenters. The largest absolute Gasteiger partial charge is 0.512 e. The predicted molar refractivity (Wildman–Crippen MR) is 75.5 cm³/mol. The van der Waals surface area contributed by atoms with Crippen molar-refractivity contribution in [3.63, 3.8) is 0 Å². The SMILES string of the molecule is CCCC(C)C(=O)C=C(O)C(C)CC1CCCC1. The van der Waals surface area contributed by atoms with Crippen molar-refractivity contribution < 1.29 is 9.90 Å². The van der Waals surface area contributed by atoms with E-state index in [1.807, 2.05) is 13.8 Å². The molecule has 0 aromatic heterocycles. The minimum atomic E-state index is 0.0378. The number of rotatable bonds is 7. The Labute approximate surface area is 111 Å². The second kappa shape index (κ2) is 7.60. The molecule has 2 atom stereocenters. The first kappa shape index (κ1) is 15.3. The molecule has 0 aliphatic heterocycles. The first-order valence-corrected chi connectivity index (χ1v) is 7.49. The minimum Gasteiger partial charge on any atom is -0.512 e. The molecule has 0 bridgehead atoms. The van der Waals surface area contributed by atoms with Crippen molar-refractivity contribution in [1.82, 2.24) is 0 Å². The van der Waals surface area contributed by atoms with Crippen molar-refractivity contribution in [3.8, 4) is 0 Å². The highest BCUT2D eigenvalue weighted by molar-refractivity contribution is 5.91. The lowest BCUT2D eigenvalue weighted by Crippen LogP contribution is -2.12. The van der Waals surface area contributed by atoms with E-state index in [0.29, 0.717) is 0 Å². The lowest BCUT2D eigenvalue weighted by atomic mass is 9.91. The van der Waals surface area contributed by atoms with Crippen molar-refractivity contribution >= 4 is 5.78 Å². The van der Waals surface area contributed by atoms with Crippen LogP contribution in [0.25, 0.3) is 0 Å². The molecule has 0 radical (unpaired) electrons. The smallest absolute Gasteiger partial charge is 0.161 e. The van der Waals surface area contributed by atoms with Crippen LogP contribution in [0.15, 0.2) is 11.8 Å². The van der Waals surface area contributed by atoms with Crippen LogP contribution in [0.1, 0.15) is 65.7 Å². The van der Waals surface area contributed by atoms with E-state index < -0.39 is 0 Å². The normalized spacial score (nSPS) is 20.9. The molecule has 0 spiro atoms. The fourth-order valence-corrected chi connectivity index (χ4v) is 2.87. The zero-order chi connectivity index (χ0) is 13.5. The van der Waals surface area contributed by atoms with Gasteiger partial charge in [-0.15, -0.1) is 0 Å². The number of ketones is 1. The zero-order valence-electron chi connectivity index (χ0n) is 12.1. The first-order chi connectivity index (χ1) is 8.54. The van der Waals surface area contributed by atoms with Gasteiger partial charge in [0.25, 0.3) is 0 Å². The van der Waals surface area contributed by atoms with E-state index in [0.717, 1.165) is 25.2 Å². The van der Waals surface area contributed by atoms with Gasteiger partial charge in [-0.25, -0.2) is 0 Å². The van der Waals surface area contributed by atoms with E-state index in [-0.39, 0.29) is 23.4 Å². The molecule has 0 saturated heterocycles. The number of aliphatic hydroxyl groups excluding tert-OH is 1. The molecule has 1 fully saturated rings. The first-order valence-electron chi connectivity index (χ1n) is 7.49. The van der Waals surface area contributed by atoms with Gasteiger partial charge < -0.3 is 5.11 Å². The van der Waals surface area contributed by atoms with Gasteiger partial charge in [0.15, 0.2) is 5.78 Å². The second-order valence-corrected chi connectivity index (χ2v) is 5.95. The van der Waals surface area contributed by atoms with Crippen LogP contribution in [-0.4, -0.2) is 10.9 Å². The standard InChI is InChI=1S/C16H28O2/c1-4-7-12(2)15(17)11-16(18)13(3)10-14-8-5-6-9-14/h11-14,18H,4-10H2,1-3H3. The summed E-state index contributed by atoms with van der Waals surface area (Å²) in [5.74, 6) is 1.28. The third-order valence-corrected chi connectivity index (χ3v) is 4.16. The van der Waals surface area contributed by atoms with Crippen LogP contribution < -0.4 is 0 Å². The maximum Gasteiger partial charge on any atom is 0.161 e. The summed E-state index contributed by atoms with van der Waals surface area (Å²) < 4.78 is 0. The van der Waals surface area contributed by atoms with Gasteiger partial charge in [-0.05, 0) is 18.8 Å². The van der Waals surface area contributed by atoms with Crippen molar-refractivity contribution in [3.05, 3.63) is 11.8 Å². The predicted octanol–water partition coefficient (Wildman–Crippen LogP) is 4.65. The number of hydrogen-bond acceptors (Lipinski definition) is 2. The van der Waals surface area contributed by atoms with Crippen LogP contribution in [0.5, 0.6) is 0 Å². The van der Waals surface area contributed by atoms with Crippen LogP contribution in [0.3, 0.4) is 0 Å². The lowest BCUT2D eigenvalue weighted by Gasteiger charge is -2.16. The van der Waals surface area contributed by atoms with Gasteiger partial charge in [0.2, 0.25) is 0 Å². The lowest BCUT2D eigenvalue weighted by molar-refractivity contribution is -0.118. The topological polar surface area (TPSA) is 37.3 Å². The molecule has 2 nitrogen and oxygen atoms in total. The number of carbonyl (C=O) groups is 1. The van der Waals surface area contributed by atoms with Gasteiger partial charge in [-0.2, -0.15) is 0 Å². The highest BCUT2D eigenvalue weighted by Crippen LogP contribution is 2.32. The Morgan fingerprint density at radius 2 is 1.89 bits per heavy atom. The highest BCUT2D eigenvalue weighted by atomic mass is 16.3. The number of allylic oxidation sites excluding steroid dienone is 2. The van der Waals surface area contributed by atoms with E-state index in [1.165, 1.54) is 31.8 Å². The quantitative estimate of drug-likeness (QED) is 0.529. The Balaban J connectivity index is 2.45. The summed E-state index contributed by atoms with van der Waals surface area (Å²) in [5.41, 5.74) is 0. The molecule has 1 aliphatic rings. The van der Waals surface area contributed by atoms with E-state index in [4.69, 9.17) is 0 Å². The maximum atomic E-state index is 11.8. The van der Waals surface area contributed by atoms with E-state index in [1.54, 1.807) is 0 Å². The maximum absolute atomic E-state index is 11.8. The Morgan fingerprint density at radius 3 is 2.44 bits per heavy atom. The summed E-state index contributed by atoms with van der Waals surface area (Å²) >= 11 is 0. The number of aliphatic hydroxyl groups is 1. The zero-order valence-corrected chi connectivity index (χ0v) is 12.1. The molecule has 1 N–H and O–H groups in total. The monoisotopic (exact) mass is 252 g/mol. The molecule has 0 amide bonds. The van der Waals surface area contributed by atoms with Crippen LogP contribution >= 0.6 is 0 Å². The number of hydrogen-bond donors (Lipinski definition) is 1. The minimum absolute atomic E-state index is 0.0378. The Kier molecular flexibility index (Phi) is 6.45. The van der Waals surface area contributed by atoms with E-state index in [9.17, 15) is 9.90 Å². The third-order valence-electron chi connectivity index (χ3n) is 4.16. The van der Waals surface area contributed by atoms with Crippen molar-refractivity contribution in [2.24, 2.45) is 17.8 Å². The molecule has 1 rings (SSSR count). The van der Waals surface area contributed by atoms with Gasteiger partial charge >= 0.3 is 0 Å². The van der Waals surface area contributed by atoms with Crippen LogP contribution in [0.4, 0.5) is 0 Å². The molecule has 0 aromatic carbocycles. The molecular formula is C16H28O2. The van der Waals surface area contributed by atoms with Crippen molar-refractivity contribution in [2.45, 2.75) is 65.7 Å².